The quantitative estimate of drug-likeness (QED) is 0.809. The van der Waals surface area contributed by atoms with Gasteiger partial charge in [-0.05, 0) is 67.6 Å². The number of benzene rings is 2. The van der Waals surface area contributed by atoms with Crippen molar-refractivity contribution in [3.63, 3.8) is 0 Å². The average molecular weight is 377 g/mol. The Morgan fingerprint density at radius 2 is 1.73 bits per heavy atom. The van der Waals surface area contributed by atoms with Crippen LogP contribution in [-0.2, 0) is 10.0 Å². The number of nitrogens with one attached hydrogen (secondary N) is 1. The van der Waals surface area contributed by atoms with Crippen LogP contribution in [0, 0.1) is 20.8 Å². The molecule has 0 amide bonds. The van der Waals surface area contributed by atoms with Crippen LogP contribution in [0.4, 0.5) is 0 Å². The Morgan fingerprint density at radius 1 is 1.04 bits per heavy atom. The van der Waals surface area contributed by atoms with Crippen molar-refractivity contribution in [2.45, 2.75) is 38.2 Å². The minimum Gasteiger partial charge on any atom is -0.454 e. The van der Waals surface area contributed by atoms with Gasteiger partial charge in [0.15, 0.2) is 11.5 Å². The van der Waals surface area contributed by atoms with Gasteiger partial charge in [0.05, 0.1) is 11.0 Å². The second-order valence-electron chi connectivity index (χ2n) is 6.52. The van der Waals surface area contributed by atoms with E-state index in [9.17, 15) is 13.5 Å². The number of aryl methyl sites for hydroxylation is 3. The molecule has 1 aliphatic rings. The standard InChI is InChI=1S/C19H23NO5S/c1-12-8-14(3)19(9-13(12)2)26(22,23)20-7-6-16(21)15-4-5-17-18(10-15)25-11-24-17/h4-5,8-10,16,20-21H,6-7,11H2,1-3H3. The van der Waals surface area contributed by atoms with Gasteiger partial charge in [0, 0.05) is 6.54 Å². The second-order valence-corrected chi connectivity index (χ2v) is 8.25. The first-order valence-corrected chi connectivity index (χ1v) is 9.91. The number of aliphatic hydroxyl groups excluding tert-OH is 1. The molecule has 2 aromatic carbocycles. The first kappa shape index (κ1) is 18.7. The van der Waals surface area contributed by atoms with Gasteiger partial charge in [0.25, 0.3) is 0 Å². The van der Waals surface area contributed by atoms with Gasteiger partial charge in [-0.15, -0.1) is 0 Å². The van der Waals surface area contributed by atoms with E-state index in [1.807, 2.05) is 19.9 Å². The fraction of sp³-hybridized carbons (Fsp3) is 0.368. The maximum atomic E-state index is 12.6. The molecule has 6 nitrogen and oxygen atoms in total. The summed E-state index contributed by atoms with van der Waals surface area (Å²) in [6.07, 6.45) is -0.545. The van der Waals surface area contributed by atoms with E-state index >= 15 is 0 Å². The van der Waals surface area contributed by atoms with Crippen LogP contribution in [0.25, 0.3) is 0 Å². The summed E-state index contributed by atoms with van der Waals surface area (Å²) < 4.78 is 38.2. The number of hydrogen-bond donors (Lipinski definition) is 2. The van der Waals surface area contributed by atoms with E-state index in [-0.39, 0.29) is 24.7 Å². The molecule has 140 valence electrons. The summed E-state index contributed by atoms with van der Waals surface area (Å²) in [5.74, 6) is 1.24. The summed E-state index contributed by atoms with van der Waals surface area (Å²) in [7, 11) is -3.62. The fourth-order valence-electron chi connectivity index (χ4n) is 2.92. The molecule has 2 aromatic rings. The maximum absolute atomic E-state index is 12.6. The van der Waals surface area contributed by atoms with Crippen LogP contribution < -0.4 is 14.2 Å². The molecule has 1 unspecified atom stereocenters. The first-order valence-electron chi connectivity index (χ1n) is 8.43. The molecule has 3 rings (SSSR count). The highest BCUT2D eigenvalue weighted by molar-refractivity contribution is 7.89. The van der Waals surface area contributed by atoms with Crippen LogP contribution in [0.1, 0.15) is 34.8 Å². The van der Waals surface area contributed by atoms with E-state index in [0.29, 0.717) is 22.6 Å². The van der Waals surface area contributed by atoms with Gasteiger partial charge in [0.2, 0.25) is 16.8 Å². The highest BCUT2D eigenvalue weighted by Crippen LogP contribution is 2.34. The lowest BCUT2D eigenvalue weighted by atomic mass is 10.1. The third kappa shape index (κ3) is 3.85. The van der Waals surface area contributed by atoms with Crippen molar-refractivity contribution >= 4 is 10.0 Å². The van der Waals surface area contributed by atoms with Gasteiger partial charge in [-0.25, -0.2) is 13.1 Å². The molecule has 1 aliphatic heterocycles. The molecule has 0 saturated carbocycles. The van der Waals surface area contributed by atoms with Crippen LogP contribution in [0.15, 0.2) is 35.2 Å². The normalized spacial score (nSPS) is 14.5. The van der Waals surface area contributed by atoms with Gasteiger partial charge < -0.3 is 14.6 Å². The number of rotatable bonds is 6. The van der Waals surface area contributed by atoms with Crippen molar-refractivity contribution < 1.29 is 23.0 Å². The van der Waals surface area contributed by atoms with E-state index < -0.39 is 16.1 Å². The molecular formula is C19H23NO5S. The summed E-state index contributed by atoms with van der Waals surface area (Å²) in [6, 6.07) is 8.76. The number of ether oxygens (including phenoxy) is 2. The van der Waals surface area contributed by atoms with Gasteiger partial charge >= 0.3 is 0 Å². The highest BCUT2D eigenvalue weighted by Gasteiger charge is 2.20. The van der Waals surface area contributed by atoms with Crippen molar-refractivity contribution in [2.75, 3.05) is 13.3 Å². The summed E-state index contributed by atoms with van der Waals surface area (Å²) in [6.45, 7) is 5.92. The molecule has 26 heavy (non-hydrogen) atoms. The predicted molar refractivity (Wildman–Crippen MR) is 98.0 cm³/mol. The first-order chi connectivity index (χ1) is 12.3. The smallest absolute Gasteiger partial charge is 0.240 e. The van der Waals surface area contributed by atoms with Crippen molar-refractivity contribution in [1.29, 1.82) is 0 Å². The molecule has 0 aliphatic carbocycles. The second kappa shape index (κ2) is 7.26. The monoisotopic (exact) mass is 377 g/mol. The third-order valence-corrected chi connectivity index (χ3v) is 6.18. The molecule has 7 heteroatoms. The fourth-order valence-corrected chi connectivity index (χ4v) is 4.28. The van der Waals surface area contributed by atoms with Crippen LogP contribution in [0.5, 0.6) is 11.5 Å². The van der Waals surface area contributed by atoms with Gasteiger partial charge in [-0.3, -0.25) is 0 Å². The minimum atomic E-state index is -3.62. The van der Waals surface area contributed by atoms with Crippen molar-refractivity contribution in [3.8, 4) is 11.5 Å². The van der Waals surface area contributed by atoms with Gasteiger partial charge in [-0.2, -0.15) is 0 Å². The number of sulfonamides is 1. The number of hydrogen-bond acceptors (Lipinski definition) is 5. The lowest BCUT2D eigenvalue weighted by Crippen LogP contribution is -2.26. The molecule has 1 atom stereocenters. The zero-order valence-corrected chi connectivity index (χ0v) is 15.9. The molecule has 0 fully saturated rings. The molecule has 2 N–H and O–H groups in total. The zero-order valence-electron chi connectivity index (χ0n) is 15.1. The van der Waals surface area contributed by atoms with Crippen molar-refractivity contribution in [3.05, 3.63) is 52.6 Å². The molecule has 0 aromatic heterocycles. The molecule has 0 spiro atoms. The Bertz CT molecular complexity index is 924. The van der Waals surface area contributed by atoms with Gasteiger partial charge in [0.1, 0.15) is 0 Å². The zero-order chi connectivity index (χ0) is 18.9. The lowest BCUT2D eigenvalue weighted by Gasteiger charge is -2.14. The Labute approximate surface area is 153 Å². The summed E-state index contributed by atoms with van der Waals surface area (Å²) in [5.41, 5.74) is 3.35. The third-order valence-electron chi connectivity index (χ3n) is 4.57. The number of fused-ring (bicyclic) bond motifs is 1. The molecule has 0 bridgehead atoms. The van der Waals surface area contributed by atoms with E-state index in [2.05, 4.69) is 4.72 Å². The Balaban J connectivity index is 1.64. The van der Waals surface area contributed by atoms with Crippen LogP contribution >= 0.6 is 0 Å². The van der Waals surface area contributed by atoms with Crippen LogP contribution in [0.2, 0.25) is 0 Å². The SMILES string of the molecule is Cc1cc(C)c(S(=O)(=O)NCCC(O)c2ccc3c(c2)OCO3)cc1C. The Morgan fingerprint density at radius 3 is 2.50 bits per heavy atom. The maximum Gasteiger partial charge on any atom is 0.240 e. The Hall–Kier alpha value is -2.09. The molecule has 0 radical (unpaired) electrons. The predicted octanol–water partition coefficient (Wildman–Crippen LogP) is 2.74. The van der Waals surface area contributed by atoms with Crippen molar-refractivity contribution in [1.82, 2.24) is 4.72 Å². The van der Waals surface area contributed by atoms with E-state index in [0.717, 1.165) is 11.1 Å². The molecule has 1 heterocycles. The van der Waals surface area contributed by atoms with Crippen LogP contribution in [-0.4, -0.2) is 26.9 Å². The van der Waals surface area contributed by atoms with Crippen molar-refractivity contribution in [2.24, 2.45) is 0 Å². The highest BCUT2D eigenvalue weighted by atomic mass is 32.2. The van der Waals surface area contributed by atoms with Gasteiger partial charge in [-0.1, -0.05) is 12.1 Å². The average Bonchev–Trinajstić information content (AvgIpc) is 3.05. The van der Waals surface area contributed by atoms with E-state index in [4.69, 9.17) is 9.47 Å². The van der Waals surface area contributed by atoms with E-state index in [1.54, 1.807) is 31.2 Å². The molecular weight excluding hydrogens is 354 g/mol. The van der Waals surface area contributed by atoms with E-state index in [1.165, 1.54) is 0 Å². The minimum absolute atomic E-state index is 0.129. The number of aliphatic hydroxyl groups is 1. The Kier molecular flexibility index (Phi) is 5.22. The topological polar surface area (TPSA) is 84.9 Å². The largest absolute Gasteiger partial charge is 0.454 e. The lowest BCUT2D eigenvalue weighted by molar-refractivity contribution is 0.166. The van der Waals surface area contributed by atoms with Crippen LogP contribution in [0.3, 0.4) is 0 Å². The molecule has 0 saturated heterocycles. The summed E-state index contributed by atoms with van der Waals surface area (Å²) >= 11 is 0. The summed E-state index contributed by atoms with van der Waals surface area (Å²) in [5, 5.41) is 10.3. The summed E-state index contributed by atoms with van der Waals surface area (Å²) in [4.78, 5) is 0.276.